The van der Waals surface area contributed by atoms with E-state index in [1.165, 1.54) is 36.3 Å². The average molecular weight is 382 g/mol. The second kappa shape index (κ2) is 7.88. The molecule has 0 radical (unpaired) electrons. The fourth-order valence-electron chi connectivity index (χ4n) is 2.49. The lowest BCUT2D eigenvalue weighted by molar-refractivity contribution is -0.136. The predicted molar refractivity (Wildman–Crippen MR) is 95.1 cm³/mol. The van der Waals surface area contributed by atoms with Crippen molar-refractivity contribution >= 4 is 27.4 Å². The van der Waals surface area contributed by atoms with Gasteiger partial charge in [-0.15, -0.1) is 0 Å². The van der Waals surface area contributed by atoms with Crippen LogP contribution in [0.3, 0.4) is 0 Å². The first kappa shape index (κ1) is 19.9. The number of carbonyl (C=O) groups excluding carboxylic acids is 2. The van der Waals surface area contributed by atoms with E-state index in [1.807, 2.05) is 0 Å². The van der Waals surface area contributed by atoms with Gasteiger partial charge in [-0.1, -0.05) is 0 Å². The highest BCUT2D eigenvalue weighted by Crippen LogP contribution is 2.24. The topological polar surface area (TPSA) is 113 Å². The average Bonchev–Trinajstić information content (AvgIpc) is 2.91. The van der Waals surface area contributed by atoms with Crippen LogP contribution in [-0.4, -0.2) is 62.4 Å². The van der Waals surface area contributed by atoms with E-state index in [2.05, 4.69) is 5.32 Å². The molecule has 0 saturated carbocycles. The minimum Gasteiger partial charge on any atom is -0.466 e. The molecule has 0 atom stereocenters. The normalized spacial score (nSPS) is 15.0. The van der Waals surface area contributed by atoms with E-state index >= 15 is 0 Å². The van der Waals surface area contributed by atoms with E-state index in [9.17, 15) is 18.0 Å². The van der Waals surface area contributed by atoms with E-state index in [0.717, 1.165) is 0 Å². The highest BCUT2D eigenvalue weighted by Gasteiger charge is 2.34. The first-order valence-electron chi connectivity index (χ1n) is 8.05. The van der Waals surface area contributed by atoms with Gasteiger partial charge in [-0.05, 0) is 38.1 Å². The molecule has 1 aliphatic rings. The van der Waals surface area contributed by atoms with Gasteiger partial charge in [0.1, 0.15) is 5.70 Å². The van der Waals surface area contributed by atoms with Crippen LogP contribution in [-0.2, 0) is 24.2 Å². The van der Waals surface area contributed by atoms with Crippen molar-refractivity contribution in [3.63, 3.8) is 0 Å². The smallest absolute Gasteiger partial charge is 0.337 e. The van der Waals surface area contributed by atoms with Crippen molar-refractivity contribution in [1.29, 1.82) is 0 Å². The molecular formula is C17H22N2O6S. The van der Waals surface area contributed by atoms with Gasteiger partial charge in [0.15, 0.2) is 9.84 Å². The van der Waals surface area contributed by atoms with E-state index in [1.54, 1.807) is 13.8 Å². The first-order chi connectivity index (χ1) is 12.2. The van der Waals surface area contributed by atoms with Gasteiger partial charge in [-0.2, -0.15) is 0 Å². The number of benzene rings is 1. The minimum atomic E-state index is -3.39. The Morgan fingerprint density at radius 1 is 1.31 bits per heavy atom. The Labute approximate surface area is 152 Å². The number of hydrogen-bond acceptors (Lipinski definition) is 7. The van der Waals surface area contributed by atoms with Crippen LogP contribution in [0.1, 0.15) is 13.8 Å². The molecule has 0 bridgehead atoms. The van der Waals surface area contributed by atoms with Gasteiger partial charge in [0.2, 0.25) is 0 Å². The molecule has 9 heteroatoms. The van der Waals surface area contributed by atoms with Gasteiger partial charge >= 0.3 is 5.97 Å². The number of methoxy groups -OCH3 is 1. The first-order valence-corrected chi connectivity index (χ1v) is 9.59. The van der Waals surface area contributed by atoms with Gasteiger partial charge in [-0.3, -0.25) is 4.79 Å². The number of amides is 1. The molecule has 0 fully saturated rings. The van der Waals surface area contributed by atoms with Gasteiger partial charge in [0.25, 0.3) is 5.91 Å². The molecule has 0 spiro atoms. The van der Waals surface area contributed by atoms with Gasteiger partial charge in [-0.25, -0.2) is 13.2 Å². The molecule has 26 heavy (non-hydrogen) atoms. The monoisotopic (exact) mass is 382 g/mol. The van der Waals surface area contributed by atoms with Gasteiger partial charge in [0, 0.05) is 12.2 Å². The summed E-state index contributed by atoms with van der Waals surface area (Å²) in [4.78, 5) is 25.9. The summed E-state index contributed by atoms with van der Waals surface area (Å²) in [6, 6.07) is 5.94. The Morgan fingerprint density at radius 3 is 2.42 bits per heavy atom. The summed E-state index contributed by atoms with van der Waals surface area (Å²) in [5.41, 5.74) is 0.679. The molecule has 8 nitrogen and oxygen atoms in total. The Hall–Kier alpha value is -2.39. The third-order valence-corrected chi connectivity index (χ3v) is 6.20. The van der Waals surface area contributed by atoms with Crippen molar-refractivity contribution in [3.05, 3.63) is 35.5 Å². The SMILES string of the molecule is COC(=O)C1=C(Nc2ccc(S(=O)(=O)C(C)C)cc2)C(=O)N(CCO)C1. The van der Waals surface area contributed by atoms with Crippen molar-refractivity contribution in [1.82, 2.24) is 4.90 Å². The number of aliphatic hydroxyl groups excluding tert-OH is 1. The Morgan fingerprint density at radius 2 is 1.92 bits per heavy atom. The standard InChI is InChI=1S/C17H22N2O6S/c1-11(2)26(23,24)13-6-4-12(5-7-13)18-15-14(17(22)25-3)10-19(8-9-20)16(15)21/h4-7,11,18,20H,8-10H2,1-3H3. The lowest BCUT2D eigenvalue weighted by Gasteiger charge is -2.15. The van der Waals surface area contributed by atoms with Crippen LogP contribution in [0, 0.1) is 0 Å². The largest absolute Gasteiger partial charge is 0.466 e. The van der Waals surface area contributed by atoms with Crippen LogP contribution >= 0.6 is 0 Å². The van der Waals surface area contributed by atoms with E-state index < -0.39 is 27.0 Å². The molecule has 0 aromatic heterocycles. The lowest BCUT2D eigenvalue weighted by atomic mass is 10.2. The molecular weight excluding hydrogens is 360 g/mol. The number of anilines is 1. The highest BCUT2D eigenvalue weighted by molar-refractivity contribution is 7.92. The van der Waals surface area contributed by atoms with E-state index in [4.69, 9.17) is 9.84 Å². The minimum absolute atomic E-state index is 0.0359. The second-order valence-corrected chi connectivity index (χ2v) is 8.54. The number of sulfone groups is 1. The third-order valence-electron chi connectivity index (χ3n) is 4.03. The van der Waals surface area contributed by atoms with Crippen molar-refractivity contribution in [2.45, 2.75) is 24.0 Å². The molecule has 1 aromatic rings. The Kier molecular flexibility index (Phi) is 6.04. The quantitative estimate of drug-likeness (QED) is 0.662. The maximum atomic E-state index is 12.4. The Bertz CT molecular complexity index is 827. The van der Waals surface area contributed by atoms with Crippen molar-refractivity contribution < 1.29 is 27.9 Å². The van der Waals surface area contributed by atoms with E-state index in [-0.39, 0.29) is 35.9 Å². The number of carbonyl (C=O) groups is 2. The summed E-state index contributed by atoms with van der Waals surface area (Å²) in [5.74, 6) is -1.07. The summed E-state index contributed by atoms with van der Waals surface area (Å²) < 4.78 is 29.0. The number of ether oxygens (including phenoxy) is 1. The molecule has 0 saturated heterocycles. The third kappa shape index (κ3) is 3.88. The molecule has 142 valence electrons. The van der Waals surface area contributed by atoms with Crippen LogP contribution in [0.5, 0.6) is 0 Å². The zero-order valence-electron chi connectivity index (χ0n) is 14.9. The highest BCUT2D eigenvalue weighted by atomic mass is 32.2. The summed E-state index contributed by atoms with van der Waals surface area (Å²) in [7, 11) is -2.17. The van der Waals surface area contributed by atoms with Crippen molar-refractivity contribution in [2.75, 3.05) is 32.1 Å². The molecule has 2 N–H and O–H groups in total. The van der Waals surface area contributed by atoms with Gasteiger partial charge in [0.05, 0.1) is 36.0 Å². The number of nitrogens with zero attached hydrogens (tertiary/aromatic N) is 1. The van der Waals surface area contributed by atoms with Crippen molar-refractivity contribution in [3.8, 4) is 0 Å². The summed E-state index contributed by atoms with van der Waals surface area (Å²) >= 11 is 0. The second-order valence-electron chi connectivity index (χ2n) is 6.04. The number of esters is 1. The molecule has 1 amide bonds. The molecule has 1 heterocycles. The zero-order chi connectivity index (χ0) is 19.5. The summed E-state index contributed by atoms with van der Waals surface area (Å²) in [6.45, 7) is 3.10. The van der Waals surface area contributed by atoms with Crippen LogP contribution < -0.4 is 5.32 Å². The van der Waals surface area contributed by atoms with Crippen LogP contribution in [0.15, 0.2) is 40.4 Å². The van der Waals surface area contributed by atoms with Crippen LogP contribution in [0.4, 0.5) is 5.69 Å². The zero-order valence-corrected chi connectivity index (χ0v) is 15.7. The Balaban J connectivity index is 2.30. The fraction of sp³-hybridized carbons (Fsp3) is 0.412. The summed E-state index contributed by atoms with van der Waals surface area (Å²) in [5, 5.41) is 11.4. The van der Waals surface area contributed by atoms with Crippen LogP contribution in [0.25, 0.3) is 0 Å². The maximum Gasteiger partial charge on any atom is 0.337 e. The molecule has 0 aliphatic carbocycles. The number of β-amino-alcohol motifs (C(OH)–C–C–N with tert-alkyl or cyclic N) is 1. The van der Waals surface area contributed by atoms with E-state index in [0.29, 0.717) is 5.69 Å². The number of nitrogens with one attached hydrogen (secondary N) is 1. The molecule has 2 rings (SSSR count). The lowest BCUT2D eigenvalue weighted by Crippen LogP contribution is -2.31. The molecule has 1 aromatic carbocycles. The number of hydrogen-bond donors (Lipinski definition) is 2. The predicted octanol–water partition coefficient (Wildman–Crippen LogP) is 0.542. The number of rotatable bonds is 7. The molecule has 0 unspecified atom stereocenters. The fourth-order valence-corrected chi connectivity index (χ4v) is 3.55. The molecule has 1 aliphatic heterocycles. The summed E-state index contributed by atoms with van der Waals surface area (Å²) in [6.07, 6.45) is 0. The van der Waals surface area contributed by atoms with Crippen molar-refractivity contribution in [2.24, 2.45) is 0 Å². The number of aliphatic hydroxyl groups is 1. The maximum absolute atomic E-state index is 12.4. The van der Waals surface area contributed by atoms with Crippen LogP contribution in [0.2, 0.25) is 0 Å². The van der Waals surface area contributed by atoms with Gasteiger partial charge < -0.3 is 20.1 Å².